The number of aliphatic hydroxyl groups is 1. The van der Waals surface area contributed by atoms with Crippen LogP contribution in [0.3, 0.4) is 0 Å². The smallest absolute Gasteiger partial charge is 0.301 e. The molecule has 1 unspecified atom stereocenters. The zero-order valence-electron chi connectivity index (χ0n) is 19.2. The normalized spacial score (nSPS) is 16.9. The maximum atomic E-state index is 13.2. The summed E-state index contributed by atoms with van der Waals surface area (Å²) in [4.78, 5) is 31.9. The van der Waals surface area contributed by atoms with Gasteiger partial charge in [-0.1, -0.05) is 36.4 Å². The standard InChI is InChI=1S/C28H21IN2O4S/c1-17-4-2-3-5-20(17)16-35-22-12-8-19(9-13-22)25(32)23-24(18-6-10-21(29)11-7-18)31(27(34)26(23)33)28-30-14-15-36-28/h2-15,24,32H,16H2,1H3. The number of aryl methyl sites for hydroxylation is 1. The number of carbonyl (C=O) groups is 2. The maximum Gasteiger partial charge on any atom is 0.301 e. The van der Waals surface area contributed by atoms with E-state index in [9.17, 15) is 14.7 Å². The van der Waals surface area contributed by atoms with Crippen LogP contribution in [0.2, 0.25) is 0 Å². The van der Waals surface area contributed by atoms with E-state index in [2.05, 4.69) is 27.6 Å². The minimum Gasteiger partial charge on any atom is -0.507 e. The summed E-state index contributed by atoms with van der Waals surface area (Å²) < 4.78 is 6.92. The van der Waals surface area contributed by atoms with Crippen LogP contribution in [0.5, 0.6) is 5.75 Å². The molecule has 1 aliphatic heterocycles. The molecule has 2 heterocycles. The third-order valence-electron chi connectivity index (χ3n) is 6.04. The second-order valence-electron chi connectivity index (χ2n) is 8.27. The summed E-state index contributed by atoms with van der Waals surface area (Å²) in [6.45, 7) is 2.45. The van der Waals surface area contributed by atoms with Crippen LogP contribution in [0, 0.1) is 10.5 Å². The Kier molecular flexibility index (Phi) is 6.88. The lowest BCUT2D eigenvalue weighted by atomic mass is 9.95. The first-order valence-electron chi connectivity index (χ1n) is 11.2. The van der Waals surface area contributed by atoms with Crippen molar-refractivity contribution in [2.24, 2.45) is 0 Å². The molecule has 0 bridgehead atoms. The number of Topliss-reactive ketones (excluding diaryl/α,β-unsaturated/α-hetero) is 1. The number of ketones is 1. The van der Waals surface area contributed by atoms with Crippen LogP contribution in [0.15, 0.2) is 89.9 Å². The van der Waals surface area contributed by atoms with Gasteiger partial charge in [0.25, 0.3) is 5.78 Å². The van der Waals surface area contributed by atoms with Gasteiger partial charge in [0.15, 0.2) is 5.13 Å². The molecular weight excluding hydrogens is 587 g/mol. The zero-order chi connectivity index (χ0) is 25.2. The molecule has 6 nitrogen and oxygen atoms in total. The van der Waals surface area contributed by atoms with E-state index < -0.39 is 17.7 Å². The first-order valence-corrected chi connectivity index (χ1v) is 13.1. The molecular formula is C28H21IN2O4S. The van der Waals surface area contributed by atoms with Gasteiger partial charge in [0.1, 0.15) is 18.1 Å². The van der Waals surface area contributed by atoms with Gasteiger partial charge in [-0.3, -0.25) is 14.5 Å². The highest BCUT2D eigenvalue weighted by atomic mass is 127. The molecule has 3 aromatic carbocycles. The number of aliphatic hydroxyl groups excluding tert-OH is 1. The van der Waals surface area contributed by atoms with E-state index in [1.165, 1.54) is 16.2 Å². The Morgan fingerprint density at radius 2 is 1.78 bits per heavy atom. The van der Waals surface area contributed by atoms with Crippen LogP contribution in [0.1, 0.15) is 28.3 Å². The van der Waals surface area contributed by atoms with Crippen molar-refractivity contribution >= 4 is 56.5 Å². The predicted molar refractivity (Wildman–Crippen MR) is 148 cm³/mol. The van der Waals surface area contributed by atoms with Crippen molar-refractivity contribution in [3.8, 4) is 5.75 Å². The number of halogens is 1. The van der Waals surface area contributed by atoms with E-state index in [0.717, 1.165) is 14.7 Å². The van der Waals surface area contributed by atoms with Crippen molar-refractivity contribution in [1.82, 2.24) is 4.98 Å². The molecule has 0 spiro atoms. The number of amides is 1. The van der Waals surface area contributed by atoms with Crippen LogP contribution >= 0.6 is 33.9 Å². The molecule has 4 aromatic rings. The first-order chi connectivity index (χ1) is 17.4. The van der Waals surface area contributed by atoms with Gasteiger partial charge in [0, 0.05) is 20.7 Å². The highest BCUT2D eigenvalue weighted by molar-refractivity contribution is 14.1. The van der Waals surface area contributed by atoms with Gasteiger partial charge >= 0.3 is 5.91 Å². The Morgan fingerprint density at radius 3 is 2.44 bits per heavy atom. The predicted octanol–water partition coefficient (Wildman–Crippen LogP) is 6.26. The van der Waals surface area contributed by atoms with Crippen LogP contribution in [0.4, 0.5) is 5.13 Å². The molecule has 0 radical (unpaired) electrons. The minimum atomic E-state index is -0.787. The molecule has 1 saturated heterocycles. The van der Waals surface area contributed by atoms with Crippen molar-refractivity contribution in [1.29, 1.82) is 0 Å². The summed E-state index contributed by atoms with van der Waals surface area (Å²) in [7, 11) is 0. The fourth-order valence-corrected chi connectivity index (χ4v) is 5.15. The molecule has 8 heteroatoms. The first kappa shape index (κ1) is 24.2. The monoisotopic (exact) mass is 608 g/mol. The van der Waals surface area contributed by atoms with Crippen LogP contribution in [-0.4, -0.2) is 21.8 Å². The molecule has 1 aromatic heterocycles. The van der Waals surface area contributed by atoms with Gasteiger partial charge in [0.2, 0.25) is 0 Å². The number of rotatable bonds is 6. The van der Waals surface area contributed by atoms with Gasteiger partial charge in [0.05, 0.1) is 11.6 Å². The van der Waals surface area contributed by atoms with Crippen molar-refractivity contribution in [3.63, 3.8) is 0 Å². The summed E-state index contributed by atoms with van der Waals surface area (Å²) >= 11 is 3.46. The van der Waals surface area contributed by atoms with Crippen LogP contribution < -0.4 is 9.64 Å². The van der Waals surface area contributed by atoms with E-state index in [0.29, 0.717) is 28.6 Å². The van der Waals surface area contributed by atoms with Crippen LogP contribution in [0.25, 0.3) is 5.76 Å². The molecule has 1 aliphatic rings. The third kappa shape index (κ3) is 4.66. The summed E-state index contributed by atoms with van der Waals surface area (Å²) in [5, 5.41) is 13.4. The fraction of sp³-hybridized carbons (Fsp3) is 0.107. The van der Waals surface area contributed by atoms with E-state index in [1.54, 1.807) is 35.8 Å². The summed E-state index contributed by atoms with van der Waals surface area (Å²) in [6, 6.07) is 21.6. The molecule has 1 N–H and O–H groups in total. The average Bonchev–Trinajstić information content (AvgIpc) is 3.51. The number of aromatic nitrogens is 1. The topological polar surface area (TPSA) is 79.7 Å². The molecule has 1 atom stereocenters. The lowest BCUT2D eigenvalue weighted by molar-refractivity contribution is -0.132. The van der Waals surface area contributed by atoms with Crippen molar-refractivity contribution in [2.75, 3.05) is 4.90 Å². The Morgan fingerprint density at radius 1 is 1.06 bits per heavy atom. The Balaban J connectivity index is 1.49. The number of hydrogen-bond acceptors (Lipinski definition) is 6. The molecule has 0 saturated carbocycles. The van der Waals surface area contributed by atoms with Crippen molar-refractivity contribution < 1.29 is 19.4 Å². The molecule has 36 heavy (non-hydrogen) atoms. The highest BCUT2D eigenvalue weighted by Crippen LogP contribution is 2.42. The maximum absolute atomic E-state index is 13.2. The molecule has 1 amide bonds. The summed E-state index contributed by atoms with van der Waals surface area (Å²) in [5.74, 6) is -1.06. The third-order valence-corrected chi connectivity index (χ3v) is 7.53. The highest BCUT2D eigenvalue weighted by Gasteiger charge is 2.47. The number of anilines is 1. The summed E-state index contributed by atoms with van der Waals surface area (Å²) in [6.07, 6.45) is 1.58. The second kappa shape index (κ2) is 10.2. The van der Waals surface area contributed by atoms with Gasteiger partial charge in [-0.2, -0.15) is 0 Å². The Hall–Kier alpha value is -3.50. The minimum absolute atomic E-state index is 0.0324. The Bertz CT molecular complexity index is 1450. The van der Waals surface area contributed by atoms with E-state index in [4.69, 9.17) is 4.74 Å². The van der Waals surface area contributed by atoms with Gasteiger partial charge in [-0.25, -0.2) is 4.98 Å². The number of benzene rings is 3. The lowest BCUT2D eigenvalue weighted by Crippen LogP contribution is -2.29. The molecule has 5 rings (SSSR count). The van der Waals surface area contributed by atoms with Gasteiger partial charge in [-0.15, -0.1) is 11.3 Å². The largest absolute Gasteiger partial charge is 0.507 e. The number of carbonyl (C=O) groups excluding carboxylic acids is 2. The fourth-order valence-electron chi connectivity index (χ4n) is 4.12. The van der Waals surface area contributed by atoms with E-state index in [-0.39, 0.29) is 11.3 Å². The molecule has 1 fully saturated rings. The lowest BCUT2D eigenvalue weighted by Gasteiger charge is -2.23. The number of nitrogens with zero attached hydrogens (tertiary/aromatic N) is 2. The number of hydrogen-bond donors (Lipinski definition) is 1. The van der Waals surface area contributed by atoms with Gasteiger partial charge in [-0.05, 0) is 82.6 Å². The Labute approximate surface area is 226 Å². The zero-order valence-corrected chi connectivity index (χ0v) is 22.2. The van der Waals surface area contributed by atoms with Crippen LogP contribution in [-0.2, 0) is 16.2 Å². The number of thiazole rings is 1. The van der Waals surface area contributed by atoms with Crippen molar-refractivity contribution in [2.45, 2.75) is 19.6 Å². The molecule has 0 aliphatic carbocycles. The molecule has 180 valence electrons. The van der Waals surface area contributed by atoms with E-state index in [1.807, 2.05) is 55.5 Å². The second-order valence-corrected chi connectivity index (χ2v) is 10.4. The quantitative estimate of drug-likeness (QED) is 0.121. The van der Waals surface area contributed by atoms with Gasteiger partial charge < -0.3 is 9.84 Å². The van der Waals surface area contributed by atoms with Crippen molar-refractivity contribution in [3.05, 3.63) is 116 Å². The summed E-state index contributed by atoms with van der Waals surface area (Å²) in [5.41, 5.74) is 3.40. The SMILES string of the molecule is Cc1ccccc1COc1ccc(C(O)=C2C(=O)C(=O)N(c3nccs3)C2c2ccc(I)cc2)cc1. The average molecular weight is 608 g/mol. The van der Waals surface area contributed by atoms with E-state index >= 15 is 0 Å². The number of ether oxygens (including phenoxy) is 1.